The summed E-state index contributed by atoms with van der Waals surface area (Å²) in [5.41, 5.74) is 1.13. The minimum absolute atomic E-state index is 0.128. The fraction of sp³-hybridized carbons (Fsp3) is 0.571. The molecule has 0 aliphatic heterocycles. The Bertz CT molecular complexity index is 299. The summed E-state index contributed by atoms with van der Waals surface area (Å²) in [6.07, 6.45) is 2.38. The second-order valence-corrected chi connectivity index (χ2v) is 4.93. The summed E-state index contributed by atoms with van der Waals surface area (Å²) in [7, 11) is 0. The summed E-state index contributed by atoms with van der Waals surface area (Å²) in [6, 6.07) is 10.9. The van der Waals surface area contributed by atoms with Gasteiger partial charge in [0.05, 0.1) is 5.54 Å². The van der Waals surface area contributed by atoms with Crippen molar-refractivity contribution in [3.63, 3.8) is 0 Å². The molecular formula is C14H22ClN. The molecule has 1 aromatic rings. The highest BCUT2D eigenvalue weighted by molar-refractivity contribution is 6.18. The van der Waals surface area contributed by atoms with E-state index in [1.807, 2.05) is 6.07 Å². The molecule has 0 aliphatic rings. The summed E-state index contributed by atoms with van der Waals surface area (Å²) in [6.45, 7) is 6.59. The van der Waals surface area contributed by atoms with E-state index < -0.39 is 0 Å². The molecule has 0 radical (unpaired) electrons. The van der Waals surface area contributed by atoms with Gasteiger partial charge in [0, 0.05) is 11.9 Å². The summed E-state index contributed by atoms with van der Waals surface area (Å²) in [4.78, 5) is 0. The van der Waals surface area contributed by atoms with E-state index in [-0.39, 0.29) is 5.54 Å². The molecule has 1 nitrogen and oxygen atoms in total. The zero-order chi connectivity index (χ0) is 12.0. The van der Waals surface area contributed by atoms with Crippen LogP contribution in [0.1, 0.15) is 39.2 Å². The van der Waals surface area contributed by atoms with Crippen LogP contribution in [0.3, 0.4) is 0 Å². The van der Waals surface area contributed by atoms with Gasteiger partial charge in [-0.25, -0.2) is 0 Å². The highest BCUT2D eigenvalue weighted by atomic mass is 35.5. The third kappa shape index (κ3) is 3.50. The van der Waals surface area contributed by atoms with Crippen LogP contribution in [0.15, 0.2) is 30.3 Å². The van der Waals surface area contributed by atoms with E-state index in [1.165, 1.54) is 18.4 Å². The van der Waals surface area contributed by atoms with Gasteiger partial charge in [-0.1, -0.05) is 43.7 Å². The van der Waals surface area contributed by atoms with Crippen LogP contribution in [0.4, 0.5) is 0 Å². The third-order valence-electron chi connectivity index (χ3n) is 2.96. The van der Waals surface area contributed by atoms with Crippen molar-refractivity contribution in [2.45, 2.75) is 45.2 Å². The fourth-order valence-corrected chi connectivity index (χ4v) is 2.29. The molecule has 16 heavy (non-hydrogen) atoms. The average Bonchev–Trinajstić information content (AvgIpc) is 2.30. The Labute approximate surface area is 104 Å². The minimum atomic E-state index is -0.128. The Morgan fingerprint density at radius 2 is 1.94 bits per heavy atom. The van der Waals surface area contributed by atoms with E-state index in [1.54, 1.807) is 0 Å². The van der Waals surface area contributed by atoms with Crippen molar-refractivity contribution < 1.29 is 0 Å². The van der Waals surface area contributed by atoms with E-state index in [0.29, 0.717) is 11.9 Å². The first-order valence-electron chi connectivity index (χ1n) is 6.01. The largest absolute Gasteiger partial charge is 0.304 e. The lowest BCUT2D eigenvalue weighted by Gasteiger charge is -2.32. The van der Waals surface area contributed by atoms with Crippen LogP contribution in [0.5, 0.6) is 0 Å². The molecule has 1 aromatic carbocycles. The molecule has 0 heterocycles. The molecule has 1 rings (SSSR count). The molecule has 0 aromatic heterocycles. The van der Waals surface area contributed by atoms with Gasteiger partial charge in [-0.2, -0.15) is 0 Å². The summed E-state index contributed by atoms with van der Waals surface area (Å²) in [5.74, 6) is 0.588. The Kier molecular flexibility index (Phi) is 5.30. The number of rotatable bonds is 6. The lowest BCUT2D eigenvalue weighted by Crippen LogP contribution is -2.46. The average molecular weight is 240 g/mol. The number of halogens is 1. The Morgan fingerprint density at radius 3 is 2.44 bits per heavy atom. The number of hydrogen-bond donors (Lipinski definition) is 1. The molecule has 2 heteroatoms. The van der Waals surface area contributed by atoms with Crippen LogP contribution in [0, 0.1) is 0 Å². The van der Waals surface area contributed by atoms with Gasteiger partial charge in [0.25, 0.3) is 0 Å². The van der Waals surface area contributed by atoms with Crippen molar-refractivity contribution in [2.24, 2.45) is 0 Å². The van der Waals surface area contributed by atoms with E-state index in [4.69, 9.17) is 11.6 Å². The second-order valence-electron chi connectivity index (χ2n) is 4.67. The van der Waals surface area contributed by atoms with Crippen LogP contribution in [-0.4, -0.2) is 11.9 Å². The zero-order valence-corrected chi connectivity index (χ0v) is 11.2. The Morgan fingerprint density at radius 1 is 1.31 bits per heavy atom. The van der Waals surface area contributed by atoms with Crippen molar-refractivity contribution in [2.75, 3.05) is 5.88 Å². The van der Waals surface area contributed by atoms with Gasteiger partial charge >= 0.3 is 0 Å². The number of hydrogen-bond acceptors (Lipinski definition) is 1. The van der Waals surface area contributed by atoms with Crippen LogP contribution < -0.4 is 5.32 Å². The second kappa shape index (κ2) is 6.27. The predicted molar refractivity (Wildman–Crippen MR) is 72.0 cm³/mol. The van der Waals surface area contributed by atoms with Gasteiger partial charge in [-0.15, -0.1) is 11.6 Å². The predicted octanol–water partition coefficient (Wildman–Crippen LogP) is 3.92. The van der Waals surface area contributed by atoms with Crippen molar-refractivity contribution in [3.05, 3.63) is 35.9 Å². The zero-order valence-electron chi connectivity index (χ0n) is 10.5. The van der Waals surface area contributed by atoms with Gasteiger partial charge < -0.3 is 5.32 Å². The molecule has 0 amide bonds. The number of alkyl halides is 1. The van der Waals surface area contributed by atoms with E-state index >= 15 is 0 Å². The van der Waals surface area contributed by atoms with Crippen molar-refractivity contribution in [3.8, 4) is 0 Å². The van der Waals surface area contributed by atoms with Crippen LogP contribution in [0.25, 0.3) is 0 Å². The van der Waals surface area contributed by atoms with Crippen molar-refractivity contribution in [1.82, 2.24) is 5.32 Å². The van der Waals surface area contributed by atoms with E-state index in [0.717, 1.165) is 0 Å². The highest BCUT2D eigenvalue weighted by Gasteiger charge is 2.26. The SMILES string of the molecule is CCCC(C)NC(C)(CCl)c1ccccc1. The summed E-state index contributed by atoms with van der Waals surface area (Å²) < 4.78 is 0. The normalized spacial score (nSPS) is 16.8. The maximum Gasteiger partial charge on any atom is 0.0545 e. The Hall–Kier alpha value is -0.530. The highest BCUT2D eigenvalue weighted by Crippen LogP contribution is 2.23. The topological polar surface area (TPSA) is 12.0 Å². The third-order valence-corrected chi connectivity index (χ3v) is 3.50. The molecule has 1 N–H and O–H groups in total. The molecule has 90 valence electrons. The minimum Gasteiger partial charge on any atom is -0.304 e. The lowest BCUT2D eigenvalue weighted by molar-refractivity contribution is 0.344. The molecule has 0 bridgehead atoms. The van der Waals surface area contributed by atoms with Gasteiger partial charge in [-0.3, -0.25) is 0 Å². The van der Waals surface area contributed by atoms with Gasteiger partial charge in [0.15, 0.2) is 0 Å². The van der Waals surface area contributed by atoms with Crippen LogP contribution in [-0.2, 0) is 5.54 Å². The smallest absolute Gasteiger partial charge is 0.0545 e. The van der Waals surface area contributed by atoms with Gasteiger partial charge in [-0.05, 0) is 25.8 Å². The monoisotopic (exact) mass is 239 g/mol. The van der Waals surface area contributed by atoms with Crippen LogP contribution >= 0.6 is 11.6 Å². The molecule has 2 unspecified atom stereocenters. The standard InChI is InChI=1S/C14H22ClN/c1-4-8-12(2)16-14(3,11-15)13-9-6-5-7-10-13/h5-7,9-10,12,16H,4,8,11H2,1-3H3. The maximum atomic E-state index is 6.13. The Balaban J connectivity index is 2.78. The molecule has 2 atom stereocenters. The van der Waals surface area contributed by atoms with Crippen molar-refractivity contribution >= 4 is 11.6 Å². The first-order chi connectivity index (χ1) is 7.62. The first kappa shape index (κ1) is 13.5. The lowest BCUT2D eigenvalue weighted by atomic mass is 9.92. The molecule has 0 spiro atoms. The van der Waals surface area contributed by atoms with Crippen molar-refractivity contribution in [1.29, 1.82) is 0 Å². The fourth-order valence-electron chi connectivity index (χ4n) is 2.05. The van der Waals surface area contributed by atoms with Gasteiger partial charge in [0.1, 0.15) is 0 Å². The quantitative estimate of drug-likeness (QED) is 0.742. The maximum absolute atomic E-state index is 6.13. The van der Waals surface area contributed by atoms with E-state index in [2.05, 4.69) is 50.4 Å². The molecule has 0 fully saturated rings. The van der Waals surface area contributed by atoms with Gasteiger partial charge in [0.2, 0.25) is 0 Å². The van der Waals surface area contributed by atoms with E-state index in [9.17, 15) is 0 Å². The summed E-state index contributed by atoms with van der Waals surface area (Å²) >= 11 is 6.13. The number of benzene rings is 1. The molecule has 0 saturated carbocycles. The molecular weight excluding hydrogens is 218 g/mol. The molecule has 0 saturated heterocycles. The first-order valence-corrected chi connectivity index (χ1v) is 6.55. The number of nitrogens with one attached hydrogen (secondary N) is 1. The molecule has 0 aliphatic carbocycles. The summed E-state index contributed by atoms with van der Waals surface area (Å²) in [5, 5.41) is 3.63. The van der Waals surface area contributed by atoms with Crippen LogP contribution in [0.2, 0.25) is 0 Å².